The monoisotopic (exact) mass is 482 g/mol. The molecule has 1 aliphatic rings. The van der Waals surface area contributed by atoms with E-state index in [9.17, 15) is 18.0 Å². The van der Waals surface area contributed by atoms with Crippen LogP contribution >= 0.6 is 0 Å². The van der Waals surface area contributed by atoms with Crippen molar-refractivity contribution in [1.82, 2.24) is 4.57 Å². The maximum Gasteiger partial charge on any atom is 0.264 e. The zero-order chi connectivity index (χ0) is 24.1. The van der Waals surface area contributed by atoms with Gasteiger partial charge in [-0.3, -0.25) is 14.3 Å². The molecule has 178 valence electrons. The molecule has 3 aromatic rings. The lowest BCUT2D eigenvalue weighted by Gasteiger charge is -2.22. The summed E-state index contributed by atoms with van der Waals surface area (Å²) in [7, 11) is -2.43. The number of nitrogens with zero attached hydrogens (tertiary/aromatic N) is 2. The lowest BCUT2D eigenvalue weighted by Crippen LogP contribution is -2.27. The maximum atomic E-state index is 13.4. The van der Waals surface area contributed by atoms with E-state index in [1.54, 1.807) is 48.5 Å². The highest BCUT2D eigenvalue weighted by Gasteiger charge is 2.25. The summed E-state index contributed by atoms with van der Waals surface area (Å²) >= 11 is 0. The van der Waals surface area contributed by atoms with Crippen LogP contribution in [0, 0.1) is 0 Å². The van der Waals surface area contributed by atoms with E-state index in [1.807, 2.05) is 4.90 Å². The number of hydrogen-bond donors (Lipinski definition) is 2. The van der Waals surface area contributed by atoms with Crippen molar-refractivity contribution >= 4 is 33.0 Å². The molecule has 2 N–H and O–H groups in total. The van der Waals surface area contributed by atoms with Gasteiger partial charge in [-0.2, -0.15) is 0 Å². The fourth-order valence-corrected chi connectivity index (χ4v) is 5.15. The van der Waals surface area contributed by atoms with E-state index in [0.29, 0.717) is 22.8 Å². The average Bonchev–Trinajstić information content (AvgIpc) is 3.36. The van der Waals surface area contributed by atoms with Crippen molar-refractivity contribution in [1.29, 1.82) is 0 Å². The molecule has 0 bridgehead atoms. The van der Waals surface area contributed by atoms with Gasteiger partial charge in [-0.25, -0.2) is 8.42 Å². The molecule has 0 unspecified atom stereocenters. The summed E-state index contributed by atoms with van der Waals surface area (Å²) in [6.07, 6.45) is 3.48. The number of rotatable bonds is 8. The van der Waals surface area contributed by atoms with Gasteiger partial charge in [-0.1, -0.05) is 6.07 Å². The Hall–Kier alpha value is -3.79. The van der Waals surface area contributed by atoms with E-state index < -0.39 is 15.9 Å². The average molecular weight is 483 g/mol. The van der Waals surface area contributed by atoms with E-state index in [0.717, 1.165) is 25.9 Å². The first-order chi connectivity index (χ1) is 16.4. The molecule has 9 nitrogen and oxygen atoms in total. The molecule has 2 heterocycles. The largest absolute Gasteiger partial charge is 0.497 e. The Morgan fingerprint density at radius 1 is 1.00 bits per heavy atom. The number of nitrogens with one attached hydrogen (secondary N) is 2. The molecule has 0 aliphatic carbocycles. The molecular weight excluding hydrogens is 456 g/mol. The number of methoxy groups -OCH3 is 1. The molecule has 34 heavy (non-hydrogen) atoms. The molecule has 1 fully saturated rings. The van der Waals surface area contributed by atoms with Gasteiger partial charge in [0.1, 0.15) is 17.2 Å². The second kappa shape index (κ2) is 10.0. The molecule has 0 spiro atoms. The van der Waals surface area contributed by atoms with Crippen LogP contribution in [0.4, 0.5) is 17.1 Å². The van der Waals surface area contributed by atoms with E-state index in [1.165, 1.54) is 30.0 Å². The number of benzene rings is 2. The van der Waals surface area contributed by atoms with E-state index in [4.69, 9.17) is 4.74 Å². The molecule has 1 saturated heterocycles. The number of carbonyl (C=O) groups is 1. The Morgan fingerprint density at radius 3 is 2.38 bits per heavy atom. The number of aromatic nitrogens is 1. The van der Waals surface area contributed by atoms with Gasteiger partial charge in [-0.15, -0.1) is 0 Å². The van der Waals surface area contributed by atoms with Gasteiger partial charge >= 0.3 is 0 Å². The summed E-state index contributed by atoms with van der Waals surface area (Å²) in [4.78, 5) is 26.5. The van der Waals surface area contributed by atoms with Crippen LogP contribution in [0.25, 0.3) is 0 Å². The van der Waals surface area contributed by atoms with Gasteiger partial charge in [0.25, 0.3) is 15.6 Å². The van der Waals surface area contributed by atoms with Gasteiger partial charge in [0.2, 0.25) is 5.91 Å². The van der Waals surface area contributed by atoms with Crippen LogP contribution in [0.15, 0.2) is 76.6 Å². The third-order valence-electron chi connectivity index (χ3n) is 5.54. The molecule has 1 aromatic heterocycles. The first-order valence-corrected chi connectivity index (χ1v) is 12.4. The third kappa shape index (κ3) is 5.40. The number of sulfonamides is 1. The summed E-state index contributed by atoms with van der Waals surface area (Å²) in [5.41, 5.74) is 1.00. The number of pyridine rings is 1. The van der Waals surface area contributed by atoms with Gasteiger partial charge in [0, 0.05) is 36.7 Å². The number of hydrogen-bond acceptors (Lipinski definition) is 6. The summed E-state index contributed by atoms with van der Waals surface area (Å²) in [5.74, 6) is 0.177. The standard InChI is InChI=1S/C24H26N4O5S/c1-33-20-10-7-18(8-11-20)26-34(31,32)22-16-19(9-12-21(22)27-13-4-5-14-27)25-23(29)17-28-15-3-2-6-24(28)30/h2-3,6-12,15-16,26H,4-5,13-14,17H2,1H3,(H,25,29). The third-order valence-corrected chi connectivity index (χ3v) is 6.95. The predicted octanol–water partition coefficient (Wildman–Crippen LogP) is 2.90. The van der Waals surface area contributed by atoms with Crippen LogP contribution in [0.5, 0.6) is 5.75 Å². The van der Waals surface area contributed by atoms with Crippen molar-refractivity contribution in [2.24, 2.45) is 0 Å². The second-order valence-electron chi connectivity index (χ2n) is 7.93. The van der Waals surface area contributed by atoms with Crippen molar-refractivity contribution in [2.45, 2.75) is 24.3 Å². The van der Waals surface area contributed by atoms with Crippen molar-refractivity contribution in [2.75, 3.05) is 35.1 Å². The fourth-order valence-electron chi connectivity index (χ4n) is 3.84. The molecule has 0 radical (unpaired) electrons. The van der Waals surface area contributed by atoms with Gasteiger partial charge in [0.15, 0.2) is 0 Å². The zero-order valence-corrected chi connectivity index (χ0v) is 19.5. The Labute approximate surface area is 198 Å². The SMILES string of the molecule is COc1ccc(NS(=O)(=O)c2cc(NC(=O)Cn3ccccc3=O)ccc2N2CCCC2)cc1. The number of amides is 1. The highest BCUT2D eigenvalue weighted by molar-refractivity contribution is 7.92. The van der Waals surface area contributed by atoms with Crippen LogP contribution in [0.2, 0.25) is 0 Å². The number of anilines is 3. The Morgan fingerprint density at radius 2 is 1.71 bits per heavy atom. The number of ether oxygens (including phenoxy) is 1. The van der Waals surface area contributed by atoms with E-state index >= 15 is 0 Å². The molecule has 1 aliphatic heterocycles. The lowest BCUT2D eigenvalue weighted by atomic mass is 10.2. The van der Waals surface area contributed by atoms with Crippen molar-refractivity contribution in [3.05, 3.63) is 77.2 Å². The summed E-state index contributed by atoms with van der Waals surface area (Å²) in [6.45, 7) is 1.33. The van der Waals surface area contributed by atoms with Crippen molar-refractivity contribution in [3.63, 3.8) is 0 Å². The zero-order valence-electron chi connectivity index (χ0n) is 18.7. The Balaban J connectivity index is 1.62. The van der Waals surface area contributed by atoms with Crippen LogP contribution in [0.3, 0.4) is 0 Å². The minimum absolute atomic E-state index is 0.0693. The fraction of sp³-hybridized carbons (Fsp3) is 0.250. The molecule has 4 rings (SSSR count). The molecule has 1 amide bonds. The van der Waals surface area contributed by atoms with E-state index in [2.05, 4.69) is 10.0 Å². The highest BCUT2D eigenvalue weighted by Crippen LogP contribution is 2.32. The first-order valence-electron chi connectivity index (χ1n) is 10.9. The van der Waals surface area contributed by atoms with Gasteiger partial charge in [-0.05, 0) is 61.4 Å². The minimum atomic E-state index is -3.96. The van der Waals surface area contributed by atoms with Gasteiger partial charge < -0.3 is 19.5 Å². The van der Waals surface area contributed by atoms with Crippen LogP contribution < -0.4 is 25.2 Å². The van der Waals surface area contributed by atoms with Crippen molar-refractivity contribution in [3.8, 4) is 5.75 Å². The maximum absolute atomic E-state index is 13.4. The Bertz CT molecular complexity index is 1330. The number of carbonyl (C=O) groups excluding carboxylic acids is 1. The predicted molar refractivity (Wildman–Crippen MR) is 131 cm³/mol. The minimum Gasteiger partial charge on any atom is -0.497 e. The summed E-state index contributed by atoms with van der Waals surface area (Å²) < 4.78 is 35.8. The quantitative estimate of drug-likeness (QED) is 0.511. The second-order valence-corrected chi connectivity index (χ2v) is 9.58. The summed E-state index contributed by atoms with van der Waals surface area (Å²) in [6, 6.07) is 16.0. The summed E-state index contributed by atoms with van der Waals surface area (Å²) in [5, 5.41) is 2.70. The first kappa shape index (κ1) is 23.4. The van der Waals surface area contributed by atoms with Crippen LogP contribution in [0.1, 0.15) is 12.8 Å². The molecule has 2 aromatic carbocycles. The topological polar surface area (TPSA) is 110 Å². The van der Waals surface area contributed by atoms with Gasteiger partial charge in [0.05, 0.1) is 12.8 Å². The molecular formula is C24H26N4O5S. The molecule has 0 saturated carbocycles. The molecule has 10 heteroatoms. The lowest BCUT2D eigenvalue weighted by molar-refractivity contribution is -0.116. The van der Waals surface area contributed by atoms with Crippen molar-refractivity contribution < 1.29 is 17.9 Å². The molecule has 0 atom stereocenters. The normalized spacial score (nSPS) is 13.5. The smallest absolute Gasteiger partial charge is 0.264 e. The van der Waals surface area contributed by atoms with E-state index in [-0.39, 0.29) is 17.0 Å². The van der Waals surface area contributed by atoms with Crippen LogP contribution in [-0.2, 0) is 21.4 Å². The highest BCUT2D eigenvalue weighted by atomic mass is 32.2. The Kier molecular flexibility index (Phi) is 6.87. The van der Waals surface area contributed by atoms with Crippen LogP contribution in [-0.4, -0.2) is 39.1 Å².